The fourth-order valence-electron chi connectivity index (χ4n) is 3.78. The van der Waals surface area contributed by atoms with Crippen LogP contribution in [0.15, 0.2) is 49.1 Å². The van der Waals surface area contributed by atoms with Crippen molar-refractivity contribution in [2.24, 2.45) is 0 Å². The van der Waals surface area contributed by atoms with Crippen molar-refractivity contribution in [1.29, 1.82) is 0 Å². The molecule has 6 heteroatoms. The first-order chi connectivity index (χ1) is 13.2. The van der Waals surface area contributed by atoms with Crippen LogP contribution in [0.3, 0.4) is 0 Å². The normalized spacial score (nSPS) is 17.9. The van der Waals surface area contributed by atoms with Crippen LogP contribution in [-0.4, -0.2) is 37.5 Å². The maximum absolute atomic E-state index is 13.1. The Kier molecular flexibility index (Phi) is 5.25. The Morgan fingerprint density at radius 2 is 2.04 bits per heavy atom. The maximum atomic E-state index is 13.1. The summed E-state index contributed by atoms with van der Waals surface area (Å²) in [6.07, 6.45) is 10.5. The topological polar surface area (TPSA) is 46.8 Å². The molecule has 0 spiro atoms. The van der Waals surface area contributed by atoms with Crippen LogP contribution in [-0.2, 0) is 13.0 Å². The number of likely N-dealkylation sites (tertiary alicyclic amines) is 1. The van der Waals surface area contributed by atoms with E-state index in [9.17, 15) is 4.39 Å². The highest BCUT2D eigenvalue weighted by molar-refractivity contribution is 5.24. The van der Waals surface area contributed by atoms with Gasteiger partial charge in [0.25, 0.3) is 0 Å². The minimum absolute atomic E-state index is 0.187. The molecule has 27 heavy (non-hydrogen) atoms. The summed E-state index contributed by atoms with van der Waals surface area (Å²) in [4.78, 5) is 16.1. The maximum Gasteiger partial charge on any atom is 0.156 e. The molecule has 1 aliphatic heterocycles. The number of benzene rings is 1. The van der Waals surface area contributed by atoms with E-state index >= 15 is 0 Å². The minimum Gasteiger partial charge on any atom is -0.298 e. The number of imidazole rings is 1. The summed E-state index contributed by atoms with van der Waals surface area (Å²) in [6.45, 7) is 4.93. The van der Waals surface area contributed by atoms with E-state index in [2.05, 4.69) is 21.8 Å². The van der Waals surface area contributed by atoms with Gasteiger partial charge in [-0.05, 0) is 37.1 Å². The second kappa shape index (κ2) is 7.96. The summed E-state index contributed by atoms with van der Waals surface area (Å²) in [7, 11) is 0. The van der Waals surface area contributed by atoms with E-state index in [1.54, 1.807) is 12.4 Å². The van der Waals surface area contributed by atoms with Crippen LogP contribution in [0, 0.1) is 5.82 Å². The van der Waals surface area contributed by atoms with Crippen LogP contribution in [0.5, 0.6) is 0 Å². The molecule has 1 fully saturated rings. The van der Waals surface area contributed by atoms with Crippen molar-refractivity contribution in [3.8, 4) is 5.82 Å². The Hall–Kier alpha value is -2.60. The van der Waals surface area contributed by atoms with Gasteiger partial charge >= 0.3 is 0 Å². The average Bonchev–Trinajstić information content (AvgIpc) is 3.19. The number of hydrogen-bond donors (Lipinski definition) is 0. The van der Waals surface area contributed by atoms with Gasteiger partial charge in [-0.2, -0.15) is 0 Å². The van der Waals surface area contributed by atoms with E-state index in [1.807, 2.05) is 29.1 Å². The predicted molar refractivity (Wildman–Crippen MR) is 102 cm³/mol. The molecule has 1 atom stereocenters. The summed E-state index contributed by atoms with van der Waals surface area (Å²) in [6, 6.07) is 6.79. The summed E-state index contributed by atoms with van der Waals surface area (Å²) < 4.78 is 15.1. The third kappa shape index (κ3) is 4.06. The Bertz CT molecular complexity index is 890. The van der Waals surface area contributed by atoms with Crippen LogP contribution < -0.4 is 0 Å². The first kappa shape index (κ1) is 17.8. The largest absolute Gasteiger partial charge is 0.298 e. The van der Waals surface area contributed by atoms with Crippen LogP contribution in [0.4, 0.5) is 4.39 Å². The molecule has 1 aliphatic rings. The molecule has 3 heterocycles. The summed E-state index contributed by atoms with van der Waals surface area (Å²) in [5.74, 6) is 1.99. The molecule has 1 aromatic carbocycles. The van der Waals surface area contributed by atoms with Gasteiger partial charge in [0.15, 0.2) is 5.82 Å². The van der Waals surface area contributed by atoms with Crippen LogP contribution in [0.2, 0.25) is 0 Å². The number of hydrogen-bond acceptors (Lipinski definition) is 4. The summed E-state index contributed by atoms with van der Waals surface area (Å²) in [5.41, 5.74) is 2.18. The number of aromatic nitrogens is 4. The van der Waals surface area contributed by atoms with Gasteiger partial charge in [-0.25, -0.2) is 14.4 Å². The third-order valence-corrected chi connectivity index (χ3v) is 5.16. The molecule has 0 N–H and O–H groups in total. The molecule has 0 amide bonds. The van der Waals surface area contributed by atoms with Crippen molar-refractivity contribution < 1.29 is 4.39 Å². The number of aryl methyl sites for hydroxylation is 1. The molecule has 140 valence electrons. The van der Waals surface area contributed by atoms with Gasteiger partial charge in [0, 0.05) is 44.0 Å². The molecule has 0 aliphatic carbocycles. The van der Waals surface area contributed by atoms with Crippen molar-refractivity contribution in [3.05, 3.63) is 72.0 Å². The predicted octanol–water partition coefficient (Wildman–Crippen LogP) is 3.74. The van der Waals surface area contributed by atoms with Crippen LogP contribution in [0.1, 0.15) is 42.8 Å². The fourth-order valence-corrected chi connectivity index (χ4v) is 3.78. The number of nitrogens with zero attached hydrogens (tertiary/aromatic N) is 5. The molecule has 0 saturated carbocycles. The third-order valence-electron chi connectivity index (χ3n) is 5.16. The Labute approximate surface area is 158 Å². The molecule has 0 radical (unpaired) electrons. The van der Waals surface area contributed by atoms with Crippen molar-refractivity contribution in [3.63, 3.8) is 0 Å². The van der Waals surface area contributed by atoms with Crippen molar-refractivity contribution >= 4 is 0 Å². The summed E-state index contributed by atoms with van der Waals surface area (Å²) in [5, 5.41) is 0. The molecular weight excluding hydrogens is 341 g/mol. The van der Waals surface area contributed by atoms with E-state index in [0.717, 1.165) is 61.8 Å². The Morgan fingerprint density at radius 3 is 2.85 bits per heavy atom. The lowest BCUT2D eigenvalue weighted by atomic mass is 9.94. The number of halogens is 1. The molecule has 0 bridgehead atoms. The van der Waals surface area contributed by atoms with Gasteiger partial charge in [0.2, 0.25) is 0 Å². The lowest BCUT2D eigenvalue weighted by Gasteiger charge is -2.32. The average molecular weight is 365 g/mol. The zero-order valence-electron chi connectivity index (χ0n) is 15.6. The second-order valence-electron chi connectivity index (χ2n) is 7.07. The fraction of sp³-hybridized carbons (Fsp3) is 0.381. The van der Waals surface area contributed by atoms with E-state index in [-0.39, 0.29) is 5.82 Å². The summed E-state index contributed by atoms with van der Waals surface area (Å²) >= 11 is 0. The van der Waals surface area contributed by atoms with E-state index in [4.69, 9.17) is 4.98 Å². The minimum atomic E-state index is -0.187. The highest BCUT2D eigenvalue weighted by Crippen LogP contribution is 2.27. The van der Waals surface area contributed by atoms with Crippen molar-refractivity contribution in [2.45, 2.75) is 38.6 Å². The van der Waals surface area contributed by atoms with Crippen LogP contribution in [0.25, 0.3) is 5.82 Å². The lowest BCUT2D eigenvalue weighted by Crippen LogP contribution is -2.34. The zero-order chi connectivity index (χ0) is 18.6. The van der Waals surface area contributed by atoms with Gasteiger partial charge in [-0.1, -0.05) is 19.1 Å². The Morgan fingerprint density at radius 1 is 1.19 bits per heavy atom. The molecule has 1 saturated heterocycles. The van der Waals surface area contributed by atoms with E-state index in [0.29, 0.717) is 5.92 Å². The molecule has 5 nitrogen and oxygen atoms in total. The molecule has 0 unspecified atom stereocenters. The van der Waals surface area contributed by atoms with E-state index < -0.39 is 0 Å². The quantitative estimate of drug-likeness (QED) is 0.691. The van der Waals surface area contributed by atoms with Gasteiger partial charge in [-0.3, -0.25) is 14.5 Å². The smallest absolute Gasteiger partial charge is 0.156 e. The number of rotatable bonds is 5. The molecule has 3 aromatic rings. The first-order valence-corrected chi connectivity index (χ1v) is 9.54. The first-order valence-electron chi connectivity index (χ1n) is 9.54. The van der Waals surface area contributed by atoms with Gasteiger partial charge in [-0.15, -0.1) is 0 Å². The zero-order valence-corrected chi connectivity index (χ0v) is 15.6. The molecular formula is C21H24FN5. The van der Waals surface area contributed by atoms with Gasteiger partial charge < -0.3 is 0 Å². The Balaban J connectivity index is 1.49. The monoisotopic (exact) mass is 365 g/mol. The van der Waals surface area contributed by atoms with Gasteiger partial charge in [0.05, 0.1) is 11.9 Å². The second-order valence-corrected chi connectivity index (χ2v) is 7.07. The van der Waals surface area contributed by atoms with Crippen LogP contribution >= 0.6 is 0 Å². The molecule has 4 rings (SSSR count). The lowest BCUT2D eigenvalue weighted by molar-refractivity contribution is 0.198. The van der Waals surface area contributed by atoms with Crippen molar-refractivity contribution in [2.75, 3.05) is 13.1 Å². The highest BCUT2D eigenvalue weighted by Gasteiger charge is 2.23. The number of piperidine rings is 1. The van der Waals surface area contributed by atoms with Crippen molar-refractivity contribution in [1.82, 2.24) is 24.4 Å². The standard InChI is InChI=1S/C21H24FN5/c1-2-20-24-9-11-27(20)21-13-23-12-19(25-21)17-4-3-10-26(15-17)14-16-5-7-18(22)8-6-16/h5-9,11-13,17H,2-4,10,14-15H2,1H3/t17-/m0/s1. The SMILES string of the molecule is CCc1nccn1-c1cncc([C@H]2CCCN(Cc3ccc(F)cc3)C2)n1. The van der Waals surface area contributed by atoms with E-state index in [1.165, 1.54) is 12.1 Å². The highest BCUT2D eigenvalue weighted by atomic mass is 19.1. The van der Waals surface area contributed by atoms with Gasteiger partial charge in [0.1, 0.15) is 11.6 Å². The molecule has 2 aromatic heterocycles.